The summed E-state index contributed by atoms with van der Waals surface area (Å²) in [5, 5.41) is 5.82. The second-order valence-corrected chi connectivity index (χ2v) is 6.26. The number of ketones is 1. The van der Waals surface area contributed by atoms with Crippen molar-refractivity contribution < 1.29 is 9.59 Å². The second-order valence-electron chi connectivity index (χ2n) is 6.26. The molecule has 2 N–H and O–H groups in total. The smallest absolute Gasteiger partial charge is 0.216 e. The highest BCUT2D eigenvalue weighted by Crippen LogP contribution is 2.22. The van der Waals surface area contributed by atoms with Crippen molar-refractivity contribution in [2.45, 2.75) is 39.5 Å². The molecule has 1 aromatic rings. The molecule has 0 saturated heterocycles. The van der Waals surface area contributed by atoms with E-state index in [1.807, 2.05) is 24.3 Å². The largest absolute Gasteiger partial charge is 0.356 e. The first-order valence-corrected chi connectivity index (χ1v) is 7.39. The van der Waals surface area contributed by atoms with E-state index < -0.39 is 0 Å². The van der Waals surface area contributed by atoms with E-state index in [0.29, 0.717) is 19.6 Å². The van der Waals surface area contributed by atoms with Gasteiger partial charge >= 0.3 is 0 Å². The van der Waals surface area contributed by atoms with Crippen LogP contribution in [0.2, 0.25) is 0 Å². The Balaban J connectivity index is 2.34. The lowest BCUT2D eigenvalue weighted by molar-refractivity contribution is -0.118. The zero-order valence-electron chi connectivity index (χ0n) is 13.5. The minimum Gasteiger partial charge on any atom is -0.356 e. The summed E-state index contributed by atoms with van der Waals surface area (Å²) in [6.07, 6.45) is 0.815. The van der Waals surface area contributed by atoms with Gasteiger partial charge in [0.15, 0.2) is 5.78 Å². The molecule has 21 heavy (non-hydrogen) atoms. The Kier molecular flexibility index (Phi) is 6.56. The van der Waals surface area contributed by atoms with Crippen molar-refractivity contribution in [1.82, 2.24) is 10.6 Å². The topological polar surface area (TPSA) is 58.2 Å². The van der Waals surface area contributed by atoms with Crippen molar-refractivity contribution in [3.63, 3.8) is 0 Å². The molecule has 0 aliphatic carbocycles. The maximum Gasteiger partial charge on any atom is 0.216 e. The van der Waals surface area contributed by atoms with Gasteiger partial charge in [-0.05, 0) is 23.9 Å². The van der Waals surface area contributed by atoms with E-state index in [4.69, 9.17) is 0 Å². The molecule has 0 heterocycles. The van der Waals surface area contributed by atoms with Gasteiger partial charge in [0.2, 0.25) is 5.91 Å². The molecule has 0 atom stereocenters. The Morgan fingerprint density at radius 2 is 1.67 bits per heavy atom. The van der Waals surface area contributed by atoms with Crippen molar-refractivity contribution in [1.29, 1.82) is 0 Å². The molecule has 0 saturated carbocycles. The van der Waals surface area contributed by atoms with Crippen LogP contribution in [-0.4, -0.2) is 31.3 Å². The number of nitrogens with one attached hydrogen (secondary N) is 2. The van der Waals surface area contributed by atoms with Gasteiger partial charge in [0.25, 0.3) is 0 Å². The molecule has 4 heteroatoms. The molecule has 4 nitrogen and oxygen atoms in total. The summed E-state index contributed by atoms with van der Waals surface area (Å²) in [4.78, 5) is 22.7. The molecule has 0 fully saturated rings. The molecule has 0 unspecified atom stereocenters. The highest BCUT2D eigenvalue weighted by atomic mass is 16.1. The monoisotopic (exact) mass is 290 g/mol. The van der Waals surface area contributed by atoms with Gasteiger partial charge in [0.05, 0.1) is 6.54 Å². The number of rotatable bonds is 7. The minimum absolute atomic E-state index is 0.0231. The predicted octanol–water partition coefficient (Wildman–Crippen LogP) is 2.28. The third kappa shape index (κ3) is 6.54. The highest BCUT2D eigenvalue weighted by Gasteiger charge is 2.14. The zero-order valence-corrected chi connectivity index (χ0v) is 13.5. The summed E-state index contributed by atoms with van der Waals surface area (Å²) in [5.74, 6) is 0.0694. The highest BCUT2D eigenvalue weighted by molar-refractivity contribution is 5.97. The fraction of sp³-hybridized carbons (Fsp3) is 0.529. The number of Topliss-reactive ketones (excluding diaryl/α,β-unsaturated/α-hetero) is 1. The van der Waals surface area contributed by atoms with E-state index in [9.17, 15) is 9.59 Å². The lowest BCUT2D eigenvalue weighted by Gasteiger charge is -2.19. The van der Waals surface area contributed by atoms with Gasteiger partial charge in [-0.25, -0.2) is 0 Å². The van der Waals surface area contributed by atoms with Crippen LogP contribution < -0.4 is 10.6 Å². The summed E-state index contributed by atoms with van der Waals surface area (Å²) >= 11 is 0. The van der Waals surface area contributed by atoms with Crippen LogP contribution in [0.5, 0.6) is 0 Å². The Morgan fingerprint density at radius 3 is 2.19 bits per heavy atom. The second kappa shape index (κ2) is 7.93. The van der Waals surface area contributed by atoms with Crippen LogP contribution in [0.4, 0.5) is 0 Å². The van der Waals surface area contributed by atoms with Gasteiger partial charge < -0.3 is 10.6 Å². The fourth-order valence-electron chi connectivity index (χ4n) is 1.94. The molecule has 1 rings (SSSR count). The Hall–Kier alpha value is -1.68. The van der Waals surface area contributed by atoms with Gasteiger partial charge in [0.1, 0.15) is 0 Å². The molecular weight excluding hydrogens is 264 g/mol. The number of benzene rings is 1. The van der Waals surface area contributed by atoms with Crippen molar-refractivity contribution in [2.24, 2.45) is 0 Å². The molecule has 0 aliphatic heterocycles. The number of amides is 1. The van der Waals surface area contributed by atoms with Crippen LogP contribution in [0, 0.1) is 0 Å². The van der Waals surface area contributed by atoms with Crippen molar-refractivity contribution in [3.8, 4) is 0 Å². The van der Waals surface area contributed by atoms with Gasteiger partial charge in [-0.15, -0.1) is 0 Å². The first-order chi connectivity index (χ1) is 9.80. The average Bonchev–Trinajstić information content (AvgIpc) is 2.41. The first kappa shape index (κ1) is 17.4. The molecule has 1 aromatic carbocycles. The fourth-order valence-corrected chi connectivity index (χ4v) is 1.94. The summed E-state index contributed by atoms with van der Waals surface area (Å²) in [7, 11) is 0. The van der Waals surface area contributed by atoms with Crippen molar-refractivity contribution >= 4 is 11.7 Å². The van der Waals surface area contributed by atoms with E-state index in [-0.39, 0.29) is 17.1 Å². The van der Waals surface area contributed by atoms with Crippen LogP contribution >= 0.6 is 0 Å². The lowest BCUT2D eigenvalue weighted by atomic mass is 9.86. The Morgan fingerprint density at radius 1 is 1.05 bits per heavy atom. The van der Waals surface area contributed by atoms with Gasteiger partial charge in [0, 0.05) is 19.0 Å². The van der Waals surface area contributed by atoms with Crippen LogP contribution in [0.3, 0.4) is 0 Å². The molecule has 0 aliphatic rings. The van der Waals surface area contributed by atoms with E-state index in [2.05, 4.69) is 31.4 Å². The van der Waals surface area contributed by atoms with Crippen LogP contribution in [0.1, 0.15) is 50.0 Å². The molecule has 0 radical (unpaired) electrons. The van der Waals surface area contributed by atoms with Crippen LogP contribution in [-0.2, 0) is 10.2 Å². The lowest BCUT2D eigenvalue weighted by Crippen LogP contribution is -2.28. The number of hydrogen-bond donors (Lipinski definition) is 2. The Labute approximate surface area is 127 Å². The third-order valence-corrected chi connectivity index (χ3v) is 3.26. The average molecular weight is 290 g/mol. The maximum absolute atomic E-state index is 12.0. The predicted molar refractivity (Wildman–Crippen MR) is 85.6 cm³/mol. The maximum atomic E-state index is 12.0. The Bertz CT molecular complexity index is 473. The summed E-state index contributed by atoms with van der Waals surface area (Å²) in [6, 6.07) is 7.82. The van der Waals surface area contributed by atoms with E-state index in [1.165, 1.54) is 12.5 Å². The van der Waals surface area contributed by atoms with Crippen LogP contribution in [0.25, 0.3) is 0 Å². The molecular formula is C17H26N2O2. The minimum atomic E-state index is -0.0231. The molecule has 0 bridgehead atoms. The zero-order chi connectivity index (χ0) is 15.9. The molecule has 0 spiro atoms. The van der Waals surface area contributed by atoms with E-state index in [1.54, 1.807) is 0 Å². The van der Waals surface area contributed by atoms with Crippen LogP contribution in [0.15, 0.2) is 24.3 Å². The SMILES string of the molecule is CC(=O)NCCCNCC(=O)c1ccc(C(C)(C)C)cc1. The standard InChI is InChI=1S/C17H26N2O2/c1-13(20)19-11-5-10-18-12-16(21)14-6-8-15(9-7-14)17(2,3)4/h6-9,18H,5,10-12H2,1-4H3,(H,19,20). The van der Waals surface area contributed by atoms with Gasteiger partial charge in [-0.2, -0.15) is 0 Å². The number of hydrogen-bond acceptors (Lipinski definition) is 3. The van der Waals surface area contributed by atoms with Gasteiger partial charge in [-0.1, -0.05) is 45.0 Å². The number of carbonyl (C=O) groups is 2. The third-order valence-electron chi connectivity index (χ3n) is 3.26. The van der Waals surface area contributed by atoms with Crippen molar-refractivity contribution in [3.05, 3.63) is 35.4 Å². The summed E-state index contributed by atoms with van der Waals surface area (Å²) in [6.45, 7) is 9.64. The quantitative estimate of drug-likeness (QED) is 0.598. The molecule has 0 aromatic heterocycles. The first-order valence-electron chi connectivity index (χ1n) is 7.39. The van der Waals surface area contributed by atoms with E-state index >= 15 is 0 Å². The normalized spacial score (nSPS) is 11.2. The van der Waals surface area contributed by atoms with Gasteiger partial charge in [-0.3, -0.25) is 9.59 Å². The molecule has 1 amide bonds. The summed E-state index contributed by atoms with van der Waals surface area (Å²) in [5.41, 5.74) is 2.06. The molecule has 116 valence electrons. The van der Waals surface area contributed by atoms with Crippen molar-refractivity contribution in [2.75, 3.05) is 19.6 Å². The van der Waals surface area contributed by atoms with E-state index in [0.717, 1.165) is 12.0 Å². The summed E-state index contributed by atoms with van der Waals surface area (Å²) < 4.78 is 0. The number of carbonyl (C=O) groups excluding carboxylic acids is 2.